The summed E-state index contributed by atoms with van der Waals surface area (Å²) in [5.74, 6) is -1.02. The van der Waals surface area contributed by atoms with Crippen LogP contribution in [0.15, 0.2) is 35.2 Å². The first kappa shape index (κ1) is 15.4. The molecule has 1 aliphatic rings. The molecule has 2 aromatic carbocycles. The van der Waals surface area contributed by atoms with E-state index in [4.69, 9.17) is 10.00 Å². The normalized spacial score (nSPS) is 13.1. The molecule has 1 aliphatic heterocycles. The number of nitrogens with zero attached hydrogens (tertiary/aromatic N) is 1. The maximum atomic E-state index is 13.4. The maximum absolute atomic E-state index is 13.4. The van der Waals surface area contributed by atoms with Gasteiger partial charge in [-0.05, 0) is 24.3 Å². The van der Waals surface area contributed by atoms with Gasteiger partial charge in [0.2, 0.25) is 0 Å². The van der Waals surface area contributed by atoms with Crippen LogP contribution in [0.4, 0.5) is 13.2 Å². The van der Waals surface area contributed by atoms with E-state index in [1.165, 1.54) is 18.2 Å². The van der Waals surface area contributed by atoms with Gasteiger partial charge < -0.3 is 4.74 Å². The lowest BCUT2D eigenvalue weighted by Gasteiger charge is -2.14. The third-order valence-corrected chi connectivity index (χ3v) is 4.39. The van der Waals surface area contributed by atoms with Crippen molar-refractivity contribution in [1.82, 2.24) is 0 Å². The molecule has 0 aliphatic carbocycles. The molecule has 3 rings (SSSR count). The van der Waals surface area contributed by atoms with E-state index in [0.717, 1.165) is 23.9 Å². The quantitative estimate of drug-likeness (QED) is 0.815. The SMILES string of the molecule is N#Cc1cc(F)cc(Oc2ccc3c(c2C(F)F)SCC3=O)c1. The second-order valence-electron chi connectivity index (χ2n) is 4.76. The number of alkyl halides is 2. The number of carbonyl (C=O) groups excluding carboxylic acids is 1. The number of rotatable bonds is 3. The third kappa shape index (κ3) is 2.90. The van der Waals surface area contributed by atoms with Crippen LogP contribution < -0.4 is 4.74 Å². The molecule has 0 aromatic heterocycles. The van der Waals surface area contributed by atoms with Gasteiger partial charge in [0, 0.05) is 16.5 Å². The number of fused-ring (bicyclic) bond motifs is 1. The van der Waals surface area contributed by atoms with Crippen molar-refractivity contribution in [2.24, 2.45) is 0 Å². The highest BCUT2D eigenvalue weighted by Crippen LogP contribution is 2.44. The smallest absolute Gasteiger partial charge is 0.268 e. The van der Waals surface area contributed by atoms with Gasteiger partial charge in [-0.25, -0.2) is 13.2 Å². The molecule has 0 N–H and O–H groups in total. The van der Waals surface area contributed by atoms with E-state index in [1.54, 1.807) is 6.07 Å². The van der Waals surface area contributed by atoms with E-state index < -0.39 is 12.2 Å². The fourth-order valence-electron chi connectivity index (χ4n) is 2.28. The average Bonchev–Trinajstić information content (AvgIpc) is 2.87. The summed E-state index contributed by atoms with van der Waals surface area (Å²) in [7, 11) is 0. The number of nitriles is 1. The van der Waals surface area contributed by atoms with E-state index in [2.05, 4.69) is 0 Å². The Morgan fingerprint density at radius 2 is 2.04 bits per heavy atom. The number of ketones is 1. The van der Waals surface area contributed by atoms with Crippen molar-refractivity contribution >= 4 is 17.5 Å². The van der Waals surface area contributed by atoms with E-state index >= 15 is 0 Å². The number of hydrogen-bond donors (Lipinski definition) is 0. The summed E-state index contributed by atoms with van der Waals surface area (Å²) in [6.45, 7) is 0. The standard InChI is InChI=1S/C16H8F3NO2S/c17-9-3-8(6-20)4-10(5-9)22-13-2-1-11-12(21)7-23-15(11)14(13)16(18)19/h1-5,16H,7H2. The van der Waals surface area contributed by atoms with Crippen LogP contribution in [0.3, 0.4) is 0 Å². The monoisotopic (exact) mass is 335 g/mol. The van der Waals surface area contributed by atoms with Gasteiger partial charge in [0.1, 0.15) is 17.3 Å². The summed E-state index contributed by atoms with van der Waals surface area (Å²) in [5.41, 5.74) is -0.125. The molecule has 0 radical (unpaired) electrons. The number of ether oxygens (including phenoxy) is 1. The molecule has 0 spiro atoms. The zero-order valence-electron chi connectivity index (χ0n) is 11.5. The highest BCUT2D eigenvalue weighted by molar-refractivity contribution is 8.00. The predicted octanol–water partition coefficient (Wildman–Crippen LogP) is 4.72. The predicted molar refractivity (Wildman–Crippen MR) is 77.6 cm³/mol. The van der Waals surface area contributed by atoms with Crippen LogP contribution in [0, 0.1) is 17.1 Å². The Hall–Kier alpha value is -2.46. The van der Waals surface area contributed by atoms with Gasteiger partial charge in [0.05, 0.1) is 22.9 Å². The average molecular weight is 335 g/mol. The third-order valence-electron chi connectivity index (χ3n) is 3.25. The van der Waals surface area contributed by atoms with Gasteiger partial charge in [-0.2, -0.15) is 5.26 Å². The Morgan fingerprint density at radius 3 is 2.74 bits per heavy atom. The van der Waals surface area contributed by atoms with Gasteiger partial charge in [0.15, 0.2) is 5.78 Å². The zero-order valence-corrected chi connectivity index (χ0v) is 12.3. The van der Waals surface area contributed by atoms with Crippen LogP contribution in [-0.2, 0) is 0 Å². The first-order valence-electron chi connectivity index (χ1n) is 6.49. The summed E-state index contributed by atoms with van der Waals surface area (Å²) in [6, 6.07) is 7.71. The molecule has 0 atom stereocenters. The maximum Gasteiger partial charge on any atom is 0.268 e. The summed E-state index contributed by atoms with van der Waals surface area (Å²) >= 11 is 1.03. The minimum atomic E-state index is -2.85. The number of benzene rings is 2. The van der Waals surface area contributed by atoms with Crippen LogP contribution in [0.1, 0.15) is 27.9 Å². The molecule has 3 nitrogen and oxygen atoms in total. The van der Waals surface area contributed by atoms with E-state index in [0.29, 0.717) is 0 Å². The first-order chi connectivity index (χ1) is 11.0. The van der Waals surface area contributed by atoms with Crippen LogP contribution in [0.25, 0.3) is 0 Å². The molecular weight excluding hydrogens is 327 g/mol. The molecule has 1 heterocycles. The minimum absolute atomic E-state index is 0.0179. The fraction of sp³-hybridized carbons (Fsp3) is 0.125. The van der Waals surface area contributed by atoms with Gasteiger partial charge in [-0.15, -0.1) is 11.8 Å². The number of halogens is 3. The van der Waals surface area contributed by atoms with E-state index in [9.17, 15) is 18.0 Å². The van der Waals surface area contributed by atoms with Crippen molar-refractivity contribution in [2.75, 3.05) is 5.75 Å². The molecule has 0 saturated heterocycles. The molecule has 0 saturated carbocycles. The Morgan fingerprint density at radius 1 is 1.26 bits per heavy atom. The van der Waals surface area contributed by atoms with E-state index in [-0.39, 0.29) is 44.6 Å². The zero-order chi connectivity index (χ0) is 16.6. The number of Topliss-reactive ketones (excluding diaryl/α,β-unsaturated/α-hetero) is 1. The summed E-state index contributed by atoms with van der Waals surface area (Å²) in [5, 5.41) is 8.82. The van der Waals surface area contributed by atoms with Crippen molar-refractivity contribution in [3.05, 3.63) is 52.8 Å². The lowest BCUT2D eigenvalue weighted by molar-refractivity contribution is 0.102. The van der Waals surface area contributed by atoms with E-state index in [1.807, 2.05) is 0 Å². The summed E-state index contributed by atoms with van der Waals surface area (Å²) < 4.78 is 45.6. The van der Waals surface area contributed by atoms with Crippen molar-refractivity contribution in [2.45, 2.75) is 11.3 Å². The summed E-state index contributed by atoms with van der Waals surface area (Å²) in [4.78, 5) is 11.8. The molecule has 0 fully saturated rings. The second kappa shape index (κ2) is 5.97. The lowest BCUT2D eigenvalue weighted by atomic mass is 10.1. The van der Waals surface area contributed by atoms with Crippen molar-refractivity contribution in [3.63, 3.8) is 0 Å². The van der Waals surface area contributed by atoms with Crippen molar-refractivity contribution < 1.29 is 22.7 Å². The van der Waals surface area contributed by atoms with Crippen LogP contribution in [0.2, 0.25) is 0 Å². The van der Waals surface area contributed by atoms with Crippen molar-refractivity contribution in [3.8, 4) is 17.6 Å². The van der Waals surface area contributed by atoms with Gasteiger partial charge >= 0.3 is 0 Å². The Labute approximate surface area is 133 Å². The first-order valence-corrected chi connectivity index (χ1v) is 7.47. The molecule has 23 heavy (non-hydrogen) atoms. The molecule has 116 valence electrons. The highest BCUT2D eigenvalue weighted by atomic mass is 32.2. The van der Waals surface area contributed by atoms with Crippen LogP contribution in [-0.4, -0.2) is 11.5 Å². The molecule has 0 amide bonds. The van der Waals surface area contributed by atoms with Gasteiger partial charge in [-0.3, -0.25) is 4.79 Å². The Balaban J connectivity index is 2.06. The van der Waals surface area contributed by atoms with Crippen LogP contribution in [0.5, 0.6) is 11.5 Å². The summed E-state index contributed by atoms with van der Waals surface area (Å²) in [6.07, 6.45) is -2.85. The minimum Gasteiger partial charge on any atom is -0.457 e. The van der Waals surface area contributed by atoms with Crippen LogP contribution >= 0.6 is 11.8 Å². The Kier molecular flexibility index (Phi) is 4.01. The van der Waals surface area contributed by atoms with Gasteiger partial charge in [0.25, 0.3) is 6.43 Å². The molecule has 0 bridgehead atoms. The molecule has 0 unspecified atom stereocenters. The Bertz CT molecular complexity index is 846. The fourth-order valence-corrected chi connectivity index (χ4v) is 3.39. The molecular formula is C16H8F3NO2S. The van der Waals surface area contributed by atoms with Gasteiger partial charge in [-0.1, -0.05) is 0 Å². The number of hydrogen-bond acceptors (Lipinski definition) is 4. The molecule has 2 aromatic rings. The largest absolute Gasteiger partial charge is 0.457 e. The second-order valence-corrected chi connectivity index (χ2v) is 5.74. The highest BCUT2D eigenvalue weighted by Gasteiger charge is 2.29. The number of thioether (sulfide) groups is 1. The number of carbonyl (C=O) groups is 1. The lowest BCUT2D eigenvalue weighted by Crippen LogP contribution is -1.99. The molecule has 7 heteroatoms. The van der Waals surface area contributed by atoms with Crippen molar-refractivity contribution in [1.29, 1.82) is 5.26 Å². The topological polar surface area (TPSA) is 50.1 Å².